The first-order valence-corrected chi connectivity index (χ1v) is 10.8. The van der Waals surface area contributed by atoms with Crippen LogP contribution in [0.2, 0.25) is 0 Å². The predicted octanol–water partition coefficient (Wildman–Crippen LogP) is 3.84. The van der Waals surface area contributed by atoms with Gasteiger partial charge in [0.05, 0.1) is 5.69 Å². The van der Waals surface area contributed by atoms with Crippen molar-refractivity contribution < 1.29 is 9.13 Å². The fourth-order valence-electron chi connectivity index (χ4n) is 4.80. The number of halogens is 1. The monoisotopic (exact) mass is 419 g/mol. The van der Waals surface area contributed by atoms with Gasteiger partial charge >= 0.3 is 0 Å². The molecule has 5 nitrogen and oxygen atoms in total. The smallest absolute Gasteiger partial charge is 0.258 e. The average molecular weight is 420 g/mol. The van der Waals surface area contributed by atoms with E-state index in [1.54, 1.807) is 29.0 Å². The molecular formula is C25H26FN3O2. The third-order valence-electron chi connectivity index (χ3n) is 6.46. The summed E-state index contributed by atoms with van der Waals surface area (Å²) in [6.07, 6.45) is 4.11. The fourth-order valence-corrected chi connectivity index (χ4v) is 4.80. The molecule has 1 saturated heterocycles. The fraction of sp³-hybridized carbons (Fsp3) is 0.320. The van der Waals surface area contributed by atoms with E-state index in [-0.39, 0.29) is 18.0 Å². The minimum Gasteiger partial charge on any atom is -0.489 e. The van der Waals surface area contributed by atoms with Crippen molar-refractivity contribution in [2.45, 2.75) is 31.4 Å². The lowest BCUT2D eigenvalue weighted by Crippen LogP contribution is -2.32. The van der Waals surface area contributed by atoms with E-state index >= 15 is 0 Å². The maximum absolute atomic E-state index is 13.0. The molecule has 2 aliphatic heterocycles. The topological polar surface area (TPSA) is 46.5 Å². The van der Waals surface area contributed by atoms with Crippen LogP contribution in [0.1, 0.15) is 29.9 Å². The molecular weight excluding hydrogens is 393 g/mol. The lowest BCUT2D eigenvalue weighted by molar-refractivity contribution is 0.305. The van der Waals surface area contributed by atoms with Crippen molar-refractivity contribution in [1.29, 1.82) is 0 Å². The van der Waals surface area contributed by atoms with E-state index < -0.39 is 0 Å². The number of likely N-dealkylation sites (N-methyl/N-ethyl adjacent to an activating group) is 1. The Morgan fingerprint density at radius 3 is 2.77 bits per heavy atom. The third kappa shape index (κ3) is 3.83. The SMILES string of the molecule is CN1c2cc(-n3ccc(OCc4ccc(F)cc4)cc3=O)ccc2C2CNCCCC21. The molecule has 0 spiro atoms. The Bertz CT molecular complexity index is 1140. The molecule has 0 radical (unpaired) electrons. The summed E-state index contributed by atoms with van der Waals surface area (Å²) in [5, 5.41) is 3.55. The maximum Gasteiger partial charge on any atom is 0.258 e. The van der Waals surface area contributed by atoms with Gasteiger partial charge in [0.2, 0.25) is 0 Å². The molecule has 5 rings (SSSR count). The summed E-state index contributed by atoms with van der Waals surface area (Å²) < 4.78 is 20.4. The number of nitrogens with one attached hydrogen (secondary N) is 1. The average Bonchev–Trinajstić information content (AvgIpc) is 2.93. The van der Waals surface area contributed by atoms with Gasteiger partial charge in [0.1, 0.15) is 18.2 Å². The molecule has 2 aromatic carbocycles. The van der Waals surface area contributed by atoms with E-state index in [2.05, 4.69) is 29.4 Å². The van der Waals surface area contributed by atoms with Crippen LogP contribution in [0.25, 0.3) is 5.69 Å². The molecule has 6 heteroatoms. The second kappa shape index (κ2) is 8.19. The van der Waals surface area contributed by atoms with Crippen LogP contribution in [0.4, 0.5) is 10.1 Å². The molecule has 0 bridgehead atoms. The van der Waals surface area contributed by atoms with E-state index in [0.29, 0.717) is 17.7 Å². The molecule has 1 aromatic heterocycles. The van der Waals surface area contributed by atoms with Crippen molar-refractivity contribution in [3.8, 4) is 11.4 Å². The molecule has 1 N–H and O–H groups in total. The summed E-state index contributed by atoms with van der Waals surface area (Å²) in [5.74, 6) is 0.713. The Morgan fingerprint density at radius 2 is 1.97 bits per heavy atom. The Labute approximate surface area is 181 Å². The van der Waals surface area contributed by atoms with Crippen LogP contribution in [0.3, 0.4) is 0 Å². The van der Waals surface area contributed by atoms with Crippen LogP contribution in [0, 0.1) is 5.82 Å². The van der Waals surface area contributed by atoms with Gasteiger partial charge in [-0.2, -0.15) is 0 Å². The summed E-state index contributed by atoms with van der Waals surface area (Å²) >= 11 is 0. The van der Waals surface area contributed by atoms with Crippen LogP contribution < -0.4 is 20.5 Å². The number of benzene rings is 2. The number of aromatic nitrogens is 1. The van der Waals surface area contributed by atoms with Gasteiger partial charge in [-0.15, -0.1) is 0 Å². The molecule has 0 amide bonds. The number of rotatable bonds is 4. The first kappa shape index (κ1) is 19.8. The van der Waals surface area contributed by atoms with E-state index in [9.17, 15) is 9.18 Å². The van der Waals surface area contributed by atoms with E-state index in [1.165, 1.54) is 42.3 Å². The highest BCUT2D eigenvalue weighted by atomic mass is 19.1. The summed E-state index contributed by atoms with van der Waals surface area (Å²) in [4.78, 5) is 15.2. The third-order valence-corrected chi connectivity index (χ3v) is 6.46. The molecule has 2 unspecified atom stereocenters. The Kier molecular flexibility index (Phi) is 5.24. The van der Waals surface area contributed by atoms with Crippen LogP contribution in [0.5, 0.6) is 5.75 Å². The zero-order valence-electron chi connectivity index (χ0n) is 17.6. The highest BCUT2D eigenvalue weighted by Crippen LogP contribution is 2.43. The molecule has 1 fully saturated rings. The number of hydrogen-bond acceptors (Lipinski definition) is 4. The Balaban J connectivity index is 1.37. The first-order chi connectivity index (χ1) is 15.1. The number of hydrogen-bond donors (Lipinski definition) is 1. The van der Waals surface area contributed by atoms with Crippen molar-refractivity contribution in [2.75, 3.05) is 25.0 Å². The van der Waals surface area contributed by atoms with Crippen molar-refractivity contribution in [2.24, 2.45) is 0 Å². The molecule has 3 heterocycles. The first-order valence-electron chi connectivity index (χ1n) is 10.8. The van der Waals surface area contributed by atoms with Crippen molar-refractivity contribution >= 4 is 5.69 Å². The number of pyridine rings is 1. The molecule has 31 heavy (non-hydrogen) atoms. The number of ether oxygens (including phenoxy) is 1. The summed E-state index contributed by atoms with van der Waals surface area (Å²) in [7, 11) is 2.16. The Hall–Kier alpha value is -3.12. The van der Waals surface area contributed by atoms with Crippen LogP contribution in [0.15, 0.2) is 65.6 Å². The van der Waals surface area contributed by atoms with Gasteiger partial charge in [-0.05, 0) is 60.8 Å². The molecule has 0 saturated carbocycles. The molecule has 3 aromatic rings. The molecule has 2 aliphatic rings. The lowest BCUT2D eigenvalue weighted by atomic mass is 9.93. The molecule has 160 valence electrons. The molecule has 2 atom stereocenters. The van der Waals surface area contributed by atoms with Gasteiger partial charge in [0.25, 0.3) is 5.56 Å². The number of fused-ring (bicyclic) bond motifs is 3. The van der Waals surface area contributed by atoms with Gasteiger partial charge < -0.3 is 15.0 Å². The molecule has 0 aliphatic carbocycles. The van der Waals surface area contributed by atoms with E-state index in [1.807, 2.05) is 6.07 Å². The highest BCUT2D eigenvalue weighted by Gasteiger charge is 2.37. The highest BCUT2D eigenvalue weighted by molar-refractivity contribution is 5.65. The zero-order valence-corrected chi connectivity index (χ0v) is 17.6. The van der Waals surface area contributed by atoms with Gasteiger partial charge in [-0.25, -0.2) is 4.39 Å². The van der Waals surface area contributed by atoms with Gasteiger partial charge in [0.15, 0.2) is 0 Å². The van der Waals surface area contributed by atoms with Crippen molar-refractivity contribution in [3.63, 3.8) is 0 Å². The number of anilines is 1. The van der Waals surface area contributed by atoms with Crippen LogP contribution in [-0.2, 0) is 6.61 Å². The van der Waals surface area contributed by atoms with E-state index in [4.69, 9.17) is 4.74 Å². The van der Waals surface area contributed by atoms with Crippen molar-refractivity contribution in [3.05, 3.63) is 88.1 Å². The van der Waals surface area contributed by atoms with E-state index in [0.717, 1.165) is 24.3 Å². The second-order valence-corrected chi connectivity index (χ2v) is 8.36. The standard InChI is InChI=1S/C25H26FN3O2/c1-28-23-3-2-11-27-15-22(23)21-9-8-19(13-24(21)28)29-12-10-20(14-25(29)30)31-16-17-4-6-18(26)7-5-17/h4-10,12-14,22-23,27H,2-3,11,15-16H2,1H3. The van der Waals surface area contributed by atoms with Crippen LogP contribution in [-0.4, -0.2) is 30.7 Å². The van der Waals surface area contributed by atoms with Gasteiger partial charge in [-0.1, -0.05) is 18.2 Å². The summed E-state index contributed by atoms with van der Waals surface area (Å²) in [5.41, 5.74) is 4.12. The summed E-state index contributed by atoms with van der Waals surface area (Å²) in [6.45, 7) is 2.37. The van der Waals surface area contributed by atoms with Crippen molar-refractivity contribution in [1.82, 2.24) is 9.88 Å². The number of nitrogens with zero attached hydrogens (tertiary/aromatic N) is 2. The normalized spacial score (nSPS) is 20.1. The van der Waals surface area contributed by atoms with Gasteiger partial charge in [-0.3, -0.25) is 9.36 Å². The zero-order chi connectivity index (χ0) is 21.4. The minimum atomic E-state index is -0.280. The summed E-state index contributed by atoms with van der Waals surface area (Å²) in [6, 6.07) is 16.3. The lowest BCUT2D eigenvalue weighted by Gasteiger charge is -2.25. The van der Waals surface area contributed by atoms with Gasteiger partial charge in [0, 0.05) is 43.5 Å². The predicted molar refractivity (Wildman–Crippen MR) is 120 cm³/mol. The maximum atomic E-state index is 13.0. The minimum absolute atomic E-state index is 0.145. The quantitative estimate of drug-likeness (QED) is 0.698. The Morgan fingerprint density at radius 1 is 1.13 bits per heavy atom. The largest absolute Gasteiger partial charge is 0.489 e. The second-order valence-electron chi connectivity index (χ2n) is 8.36. The van der Waals surface area contributed by atoms with Crippen LogP contribution >= 0.6 is 0 Å².